The molecule has 0 aliphatic heterocycles. The minimum atomic E-state index is -1.18. The topological polar surface area (TPSA) is 79.2 Å². The molecule has 0 heterocycles. The molecule has 0 spiro atoms. The molecule has 0 rings (SSSR count). The number of likely N-dealkylation sites (N-methyl/N-ethyl adjacent to an activating group) is 1. The second-order valence-electron chi connectivity index (χ2n) is 3.81. The van der Waals surface area contributed by atoms with Gasteiger partial charge in [0.2, 0.25) is 0 Å². The zero-order valence-corrected chi connectivity index (χ0v) is 10.0. The summed E-state index contributed by atoms with van der Waals surface area (Å²) in [7, 11) is 3.56. The van der Waals surface area contributed by atoms with Gasteiger partial charge in [-0.3, -0.25) is 9.69 Å². The number of hydrogen-bond donors (Lipinski definition) is 2. The quantitative estimate of drug-likeness (QED) is 0.326. The molecule has 2 N–H and O–H groups in total. The van der Waals surface area contributed by atoms with Crippen molar-refractivity contribution in [2.75, 3.05) is 33.9 Å². The average Bonchev–Trinajstić information content (AvgIpc) is 2.15. The molecular formula is C10H21NO5. The van der Waals surface area contributed by atoms with Crippen LogP contribution >= 0.6 is 0 Å². The van der Waals surface area contributed by atoms with Crippen molar-refractivity contribution in [2.45, 2.75) is 25.7 Å². The van der Waals surface area contributed by atoms with Gasteiger partial charge in [0.1, 0.15) is 6.10 Å². The van der Waals surface area contributed by atoms with Crippen LogP contribution in [0.1, 0.15) is 13.3 Å². The van der Waals surface area contributed by atoms with Crippen LogP contribution in [0.4, 0.5) is 0 Å². The molecule has 6 nitrogen and oxygen atoms in total. The van der Waals surface area contributed by atoms with Crippen LogP contribution in [0.3, 0.4) is 0 Å². The molecule has 0 fully saturated rings. The van der Waals surface area contributed by atoms with Crippen LogP contribution in [0.15, 0.2) is 0 Å². The minimum Gasteiger partial charge on any atom is -0.465 e. The van der Waals surface area contributed by atoms with E-state index in [4.69, 9.17) is 19.7 Å². The first-order valence-electron chi connectivity index (χ1n) is 5.21. The molecular weight excluding hydrogens is 214 g/mol. The minimum absolute atomic E-state index is 0.237. The highest BCUT2D eigenvalue weighted by molar-refractivity contribution is 5.71. The Morgan fingerprint density at radius 3 is 2.44 bits per heavy atom. The van der Waals surface area contributed by atoms with Crippen molar-refractivity contribution in [3.8, 4) is 0 Å². The second kappa shape index (κ2) is 8.46. The van der Waals surface area contributed by atoms with Crippen molar-refractivity contribution in [3.63, 3.8) is 0 Å². The van der Waals surface area contributed by atoms with Crippen molar-refractivity contribution < 1.29 is 24.5 Å². The molecule has 96 valence electrons. The third kappa shape index (κ3) is 8.60. The molecule has 0 saturated carbocycles. The lowest BCUT2D eigenvalue weighted by Crippen LogP contribution is -2.27. The summed E-state index contributed by atoms with van der Waals surface area (Å²) < 4.78 is 9.76. The molecule has 0 bridgehead atoms. The zero-order chi connectivity index (χ0) is 12.6. The summed E-state index contributed by atoms with van der Waals surface area (Å²) in [6, 6.07) is 0. The summed E-state index contributed by atoms with van der Waals surface area (Å²) in [6.45, 7) is 2.17. The fourth-order valence-electron chi connectivity index (χ4n) is 0.892. The molecule has 6 heteroatoms. The maximum Gasteiger partial charge on any atom is 0.320 e. The summed E-state index contributed by atoms with van der Waals surface area (Å²) in [5, 5.41) is 18.0. The first-order valence-corrected chi connectivity index (χ1v) is 5.21. The van der Waals surface area contributed by atoms with Crippen molar-refractivity contribution in [1.82, 2.24) is 4.90 Å². The number of nitrogens with zero attached hydrogens (tertiary/aromatic N) is 1. The lowest BCUT2D eigenvalue weighted by Gasteiger charge is -2.14. The Balaban J connectivity index is 3.37. The van der Waals surface area contributed by atoms with E-state index >= 15 is 0 Å². The van der Waals surface area contributed by atoms with Gasteiger partial charge in [-0.05, 0) is 21.0 Å². The lowest BCUT2D eigenvalue weighted by molar-refractivity contribution is -0.160. The van der Waals surface area contributed by atoms with Gasteiger partial charge in [-0.15, -0.1) is 0 Å². The number of hydrogen-bond acceptors (Lipinski definition) is 6. The fraction of sp³-hybridized carbons (Fsp3) is 0.900. The number of carbonyl (C=O) groups excluding carboxylic acids is 1. The van der Waals surface area contributed by atoms with E-state index in [1.54, 1.807) is 19.0 Å². The number of ether oxygens (including phenoxy) is 2. The molecule has 0 radical (unpaired) electrons. The largest absolute Gasteiger partial charge is 0.465 e. The molecule has 0 aliphatic rings. The number of rotatable bonds is 8. The van der Waals surface area contributed by atoms with Gasteiger partial charge in [0.25, 0.3) is 0 Å². The number of aliphatic hydroxyl groups is 2. The van der Waals surface area contributed by atoms with Crippen molar-refractivity contribution in [2.24, 2.45) is 0 Å². The van der Waals surface area contributed by atoms with E-state index in [2.05, 4.69) is 0 Å². The average molecular weight is 235 g/mol. The van der Waals surface area contributed by atoms with E-state index in [9.17, 15) is 4.79 Å². The summed E-state index contributed by atoms with van der Waals surface area (Å²) in [5.41, 5.74) is 0. The number of aliphatic hydroxyl groups excluding tert-OH is 2. The predicted octanol–water partition coefficient (Wildman–Crippen LogP) is -0.803. The van der Waals surface area contributed by atoms with Gasteiger partial charge in [-0.2, -0.15) is 0 Å². The lowest BCUT2D eigenvalue weighted by atomic mass is 10.4. The highest BCUT2D eigenvalue weighted by Gasteiger charge is 2.10. The normalized spacial score (nSPS) is 14.9. The van der Waals surface area contributed by atoms with Gasteiger partial charge in [0.15, 0.2) is 6.29 Å². The van der Waals surface area contributed by atoms with Gasteiger partial charge in [0, 0.05) is 6.42 Å². The summed E-state index contributed by atoms with van der Waals surface area (Å²) in [5.74, 6) is -0.291. The maximum absolute atomic E-state index is 11.1. The third-order valence-electron chi connectivity index (χ3n) is 1.70. The first kappa shape index (κ1) is 15.3. The van der Waals surface area contributed by atoms with Gasteiger partial charge in [-0.25, -0.2) is 0 Å². The van der Waals surface area contributed by atoms with E-state index in [1.807, 2.05) is 0 Å². The Morgan fingerprint density at radius 1 is 1.31 bits per heavy atom. The molecule has 0 saturated heterocycles. The maximum atomic E-state index is 11.1. The monoisotopic (exact) mass is 235 g/mol. The summed E-state index contributed by atoms with van der Waals surface area (Å²) in [4.78, 5) is 12.8. The Kier molecular flexibility index (Phi) is 8.10. The molecule has 0 aliphatic carbocycles. The molecule has 0 aromatic rings. The second-order valence-corrected chi connectivity index (χ2v) is 3.81. The predicted molar refractivity (Wildman–Crippen MR) is 57.8 cm³/mol. The highest BCUT2D eigenvalue weighted by atomic mass is 16.6. The van der Waals surface area contributed by atoms with Crippen LogP contribution < -0.4 is 0 Å². The molecule has 0 amide bonds. The zero-order valence-electron chi connectivity index (χ0n) is 10.0. The Hall–Kier alpha value is -0.690. The van der Waals surface area contributed by atoms with Gasteiger partial charge in [-0.1, -0.05) is 0 Å². The molecule has 0 aromatic heterocycles. The Labute approximate surface area is 95.8 Å². The van der Waals surface area contributed by atoms with E-state index in [0.29, 0.717) is 6.42 Å². The molecule has 2 atom stereocenters. The summed E-state index contributed by atoms with van der Waals surface area (Å²) in [6.07, 6.45) is -1.61. The van der Waals surface area contributed by atoms with Crippen LogP contribution in [-0.4, -0.2) is 67.3 Å². The fourth-order valence-corrected chi connectivity index (χ4v) is 0.892. The first-order chi connectivity index (χ1) is 7.43. The van der Waals surface area contributed by atoms with Crippen molar-refractivity contribution >= 4 is 5.97 Å². The highest BCUT2D eigenvalue weighted by Crippen LogP contribution is 1.96. The van der Waals surface area contributed by atoms with Gasteiger partial charge < -0.3 is 19.7 Å². The molecule has 2 unspecified atom stereocenters. The molecule has 16 heavy (non-hydrogen) atoms. The van der Waals surface area contributed by atoms with Crippen LogP contribution in [0.2, 0.25) is 0 Å². The van der Waals surface area contributed by atoms with Crippen molar-refractivity contribution in [1.29, 1.82) is 0 Å². The van der Waals surface area contributed by atoms with E-state index in [-0.39, 0.29) is 25.7 Å². The van der Waals surface area contributed by atoms with Crippen LogP contribution in [0.5, 0.6) is 0 Å². The van der Waals surface area contributed by atoms with Gasteiger partial charge >= 0.3 is 5.97 Å². The Bertz CT molecular complexity index is 196. The van der Waals surface area contributed by atoms with E-state index < -0.39 is 12.4 Å². The third-order valence-corrected chi connectivity index (χ3v) is 1.70. The number of carbonyl (C=O) groups is 1. The van der Waals surface area contributed by atoms with Crippen molar-refractivity contribution in [3.05, 3.63) is 0 Å². The van der Waals surface area contributed by atoms with Crippen LogP contribution in [0.25, 0.3) is 0 Å². The van der Waals surface area contributed by atoms with E-state index in [1.165, 1.54) is 6.92 Å². The molecule has 0 aromatic carbocycles. The van der Waals surface area contributed by atoms with Crippen LogP contribution in [0, 0.1) is 0 Å². The van der Waals surface area contributed by atoms with E-state index in [0.717, 1.165) is 0 Å². The smallest absolute Gasteiger partial charge is 0.320 e. The standard InChI is InChI=1S/C10H21NO5/c1-8(12)10(14)16-6-4-5-15-9(13)7-11(2)3/h8,10,12,14H,4-7H2,1-3H3. The SMILES string of the molecule is CC(O)C(O)OCCCOC(=O)CN(C)C. The summed E-state index contributed by atoms with van der Waals surface area (Å²) >= 11 is 0. The number of esters is 1. The van der Waals surface area contributed by atoms with Gasteiger partial charge in [0.05, 0.1) is 19.8 Å². The Morgan fingerprint density at radius 2 is 1.94 bits per heavy atom. The van der Waals surface area contributed by atoms with Crippen LogP contribution in [-0.2, 0) is 14.3 Å².